The Balaban J connectivity index is 2.08. The molecule has 22 heavy (non-hydrogen) atoms. The number of oxazole rings is 1. The van der Waals surface area contributed by atoms with Crippen LogP contribution < -0.4 is 0 Å². The van der Waals surface area contributed by atoms with Gasteiger partial charge in [0.1, 0.15) is 5.76 Å². The van der Waals surface area contributed by atoms with Crippen molar-refractivity contribution in [1.29, 1.82) is 0 Å². The summed E-state index contributed by atoms with van der Waals surface area (Å²) < 4.78 is 10.7. The number of esters is 1. The van der Waals surface area contributed by atoms with Crippen molar-refractivity contribution < 1.29 is 13.9 Å². The van der Waals surface area contributed by atoms with Crippen LogP contribution in [0.1, 0.15) is 23.9 Å². The Kier molecular flexibility index (Phi) is 5.33. The summed E-state index contributed by atoms with van der Waals surface area (Å²) in [6.07, 6.45) is 0. The summed E-state index contributed by atoms with van der Waals surface area (Å²) in [6.45, 7) is 6.90. The third-order valence-corrected chi connectivity index (χ3v) is 3.28. The maximum atomic E-state index is 11.5. The lowest BCUT2D eigenvalue weighted by Crippen LogP contribution is -2.27. The molecule has 5 nitrogen and oxygen atoms in total. The minimum atomic E-state index is -0.231. The van der Waals surface area contributed by atoms with E-state index in [1.54, 1.807) is 6.92 Å². The van der Waals surface area contributed by atoms with Gasteiger partial charge >= 0.3 is 5.97 Å². The number of aromatic nitrogens is 1. The van der Waals surface area contributed by atoms with Gasteiger partial charge in [0.15, 0.2) is 0 Å². The number of hydrogen-bond donors (Lipinski definition) is 0. The smallest absolute Gasteiger partial charge is 0.320 e. The molecule has 118 valence electrons. The van der Waals surface area contributed by atoms with Crippen LogP contribution >= 0.6 is 0 Å². The largest absolute Gasteiger partial charge is 0.465 e. The number of carbonyl (C=O) groups is 1. The Labute approximate surface area is 130 Å². The number of ether oxygens (including phenoxy) is 1. The molecular weight excluding hydrogens is 280 g/mol. The predicted octanol–water partition coefficient (Wildman–Crippen LogP) is 2.95. The molecule has 0 saturated carbocycles. The Morgan fingerprint density at radius 2 is 2.14 bits per heavy atom. The van der Waals surface area contributed by atoms with Crippen molar-refractivity contribution in [1.82, 2.24) is 9.88 Å². The fraction of sp³-hybridized carbons (Fsp3) is 0.412. The lowest BCUT2D eigenvalue weighted by atomic mass is 10.1. The fourth-order valence-corrected chi connectivity index (χ4v) is 2.21. The fourth-order valence-electron chi connectivity index (χ4n) is 2.21. The summed E-state index contributed by atoms with van der Waals surface area (Å²) in [7, 11) is 1.86. The van der Waals surface area contributed by atoms with Crippen LogP contribution in [-0.4, -0.2) is 36.1 Å². The molecule has 0 N–H and O–H groups in total. The number of benzene rings is 1. The van der Waals surface area contributed by atoms with Crippen LogP contribution in [0.15, 0.2) is 28.7 Å². The standard InChI is InChI=1S/C17H22N2O3/c1-5-21-16(20)11-19(4)10-15-13(3)22-17(18-15)14-8-6-7-12(2)9-14/h6-9H,5,10-11H2,1-4H3. The molecule has 0 radical (unpaired) electrons. The monoisotopic (exact) mass is 302 g/mol. The highest BCUT2D eigenvalue weighted by Gasteiger charge is 2.15. The minimum Gasteiger partial charge on any atom is -0.465 e. The summed E-state index contributed by atoms with van der Waals surface area (Å²) in [5, 5.41) is 0. The van der Waals surface area contributed by atoms with Crippen molar-refractivity contribution in [2.45, 2.75) is 27.3 Å². The first kappa shape index (κ1) is 16.2. The summed E-state index contributed by atoms with van der Waals surface area (Å²) in [5.41, 5.74) is 2.96. The second-order valence-electron chi connectivity index (χ2n) is 5.37. The van der Waals surface area contributed by atoms with Crippen molar-refractivity contribution >= 4 is 5.97 Å². The van der Waals surface area contributed by atoms with Gasteiger partial charge in [-0.05, 0) is 40.0 Å². The molecule has 1 aromatic heterocycles. The van der Waals surface area contributed by atoms with E-state index in [9.17, 15) is 4.79 Å². The summed E-state index contributed by atoms with van der Waals surface area (Å²) in [6, 6.07) is 8.03. The van der Waals surface area contributed by atoms with Gasteiger partial charge < -0.3 is 9.15 Å². The highest BCUT2D eigenvalue weighted by atomic mass is 16.5. The van der Waals surface area contributed by atoms with Crippen molar-refractivity contribution in [2.75, 3.05) is 20.2 Å². The molecule has 0 bridgehead atoms. The van der Waals surface area contributed by atoms with Crippen molar-refractivity contribution in [3.8, 4) is 11.5 Å². The minimum absolute atomic E-state index is 0.231. The van der Waals surface area contributed by atoms with E-state index in [1.807, 2.05) is 50.1 Å². The zero-order valence-electron chi connectivity index (χ0n) is 13.5. The Hall–Kier alpha value is -2.14. The van der Waals surface area contributed by atoms with Crippen molar-refractivity contribution in [3.05, 3.63) is 41.3 Å². The maximum absolute atomic E-state index is 11.5. The van der Waals surface area contributed by atoms with E-state index >= 15 is 0 Å². The van der Waals surface area contributed by atoms with Crippen LogP contribution in [0.3, 0.4) is 0 Å². The number of carbonyl (C=O) groups excluding carboxylic acids is 1. The van der Waals surface area contributed by atoms with Gasteiger partial charge in [0.25, 0.3) is 0 Å². The zero-order chi connectivity index (χ0) is 16.1. The number of hydrogen-bond acceptors (Lipinski definition) is 5. The third kappa shape index (κ3) is 4.18. The van der Waals surface area contributed by atoms with E-state index in [1.165, 1.54) is 0 Å². The van der Waals surface area contributed by atoms with Gasteiger partial charge in [0.2, 0.25) is 5.89 Å². The molecule has 1 heterocycles. The lowest BCUT2D eigenvalue weighted by molar-refractivity contribution is -0.144. The second kappa shape index (κ2) is 7.22. The Morgan fingerprint density at radius 1 is 1.36 bits per heavy atom. The molecule has 2 rings (SSSR count). The Morgan fingerprint density at radius 3 is 2.82 bits per heavy atom. The molecule has 2 aromatic rings. The molecule has 1 aromatic carbocycles. The molecule has 0 saturated heterocycles. The van der Waals surface area contributed by atoms with Crippen LogP contribution in [0.25, 0.3) is 11.5 Å². The predicted molar refractivity (Wildman–Crippen MR) is 84.4 cm³/mol. The number of aryl methyl sites for hydroxylation is 2. The molecule has 0 amide bonds. The molecule has 0 aliphatic heterocycles. The van der Waals surface area contributed by atoms with Gasteiger partial charge in [-0.3, -0.25) is 9.69 Å². The van der Waals surface area contributed by atoms with Gasteiger partial charge in [-0.1, -0.05) is 17.7 Å². The number of rotatable bonds is 6. The molecule has 0 fully saturated rings. The van der Waals surface area contributed by atoms with E-state index in [2.05, 4.69) is 4.98 Å². The molecule has 0 atom stereocenters. The van der Waals surface area contributed by atoms with E-state index in [-0.39, 0.29) is 12.5 Å². The van der Waals surface area contributed by atoms with Crippen molar-refractivity contribution in [2.24, 2.45) is 0 Å². The molecule has 5 heteroatoms. The van der Waals surface area contributed by atoms with E-state index in [4.69, 9.17) is 9.15 Å². The molecular formula is C17H22N2O3. The van der Waals surface area contributed by atoms with Gasteiger partial charge in [0.05, 0.1) is 18.8 Å². The first-order chi connectivity index (χ1) is 10.5. The van der Waals surface area contributed by atoms with Crippen LogP contribution in [-0.2, 0) is 16.1 Å². The third-order valence-electron chi connectivity index (χ3n) is 3.28. The second-order valence-corrected chi connectivity index (χ2v) is 5.37. The van der Waals surface area contributed by atoms with Gasteiger partial charge in [-0.15, -0.1) is 0 Å². The SMILES string of the molecule is CCOC(=O)CN(C)Cc1nc(-c2cccc(C)c2)oc1C. The van der Waals surface area contributed by atoms with Crippen LogP contribution in [0.4, 0.5) is 0 Å². The average molecular weight is 302 g/mol. The number of nitrogens with zero attached hydrogens (tertiary/aromatic N) is 2. The summed E-state index contributed by atoms with van der Waals surface area (Å²) >= 11 is 0. The van der Waals surface area contributed by atoms with Crippen LogP contribution in [0.2, 0.25) is 0 Å². The average Bonchev–Trinajstić information content (AvgIpc) is 2.80. The zero-order valence-corrected chi connectivity index (χ0v) is 13.5. The van der Waals surface area contributed by atoms with E-state index in [0.717, 1.165) is 22.6 Å². The van der Waals surface area contributed by atoms with Crippen LogP contribution in [0.5, 0.6) is 0 Å². The molecule has 0 unspecified atom stereocenters. The van der Waals surface area contributed by atoms with E-state index in [0.29, 0.717) is 19.0 Å². The van der Waals surface area contributed by atoms with E-state index < -0.39 is 0 Å². The molecule has 0 spiro atoms. The normalized spacial score (nSPS) is 11.0. The quantitative estimate of drug-likeness (QED) is 0.768. The summed E-state index contributed by atoms with van der Waals surface area (Å²) in [5.74, 6) is 1.15. The topological polar surface area (TPSA) is 55.6 Å². The summed E-state index contributed by atoms with van der Waals surface area (Å²) in [4.78, 5) is 17.9. The van der Waals surface area contributed by atoms with Crippen LogP contribution in [0, 0.1) is 13.8 Å². The highest BCUT2D eigenvalue weighted by Crippen LogP contribution is 2.23. The van der Waals surface area contributed by atoms with Gasteiger partial charge in [-0.2, -0.15) is 0 Å². The molecule has 0 aliphatic carbocycles. The van der Waals surface area contributed by atoms with Crippen molar-refractivity contribution in [3.63, 3.8) is 0 Å². The highest BCUT2D eigenvalue weighted by molar-refractivity contribution is 5.71. The Bertz CT molecular complexity index is 649. The van der Waals surface area contributed by atoms with Gasteiger partial charge in [0, 0.05) is 12.1 Å². The molecule has 0 aliphatic rings. The first-order valence-electron chi connectivity index (χ1n) is 7.37. The maximum Gasteiger partial charge on any atom is 0.320 e. The first-order valence-corrected chi connectivity index (χ1v) is 7.37. The lowest BCUT2D eigenvalue weighted by Gasteiger charge is -2.13. The number of likely N-dealkylation sites (N-methyl/N-ethyl adjacent to an activating group) is 1. The van der Waals surface area contributed by atoms with Gasteiger partial charge in [-0.25, -0.2) is 4.98 Å².